The molecule has 0 saturated carbocycles. The molecule has 2 aromatic carbocycles. The molecule has 0 radical (unpaired) electrons. The SMILES string of the molecule is C[C@H]([C@@H](C)C/C=C(\F)B1OC(C)(C)C(C)(C)O1)S(=O)(=O)NC(=O)c1ccc2c(c1)N(C[C@@H]1CCCN1C(=O)OC(C)(C)C)CCCCc1cc(Cl)ccc1CO2. The maximum Gasteiger partial charge on any atom is 0.524 e. The van der Waals surface area contributed by atoms with E-state index in [4.69, 9.17) is 30.4 Å². The van der Waals surface area contributed by atoms with Crippen LogP contribution in [0.15, 0.2) is 48.2 Å². The van der Waals surface area contributed by atoms with Crippen molar-refractivity contribution >= 4 is 46.4 Å². The van der Waals surface area contributed by atoms with E-state index in [0.29, 0.717) is 36.1 Å². The molecule has 0 spiro atoms. The van der Waals surface area contributed by atoms with Crippen molar-refractivity contribution in [1.29, 1.82) is 0 Å². The first-order valence-corrected chi connectivity index (χ1v) is 21.6. The molecule has 0 aliphatic carbocycles. The summed E-state index contributed by atoms with van der Waals surface area (Å²) in [6.07, 6.45) is 5.08. The smallest absolute Gasteiger partial charge is 0.487 e. The van der Waals surface area contributed by atoms with Crippen molar-refractivity contribution in [2.45, 2.75) is 136 Å². The highest BCUT2D eigenvalue weighted by molar-refractivity contribution is 7.90. The van der Waals surface area contributed by atoms with Crippen LogP contribution >= 0.6 is 11.6 Å². The normalized spacial score (nSPS) is 21.3. The van der Waals surface area contributed by atoms with Crippen molar-refractivity contribution in [1.82, 2.24) is 9.62 Å². The van der Waals surface area contributed by atoms with Gasteiger partial charge in [0.05, 0.1) is 28.2 Å². The highest BCUT2D eigenvalue weighted by atomic mass is 35.5. The van der Waals surface area contributed by atoms with E-state index in [1.807, 2.05) is 66.7 Å². The van der Waals surface area contributed by atoms with Crippen molar-refractivity contribution in [3.63, 3.8) is 0 Å². The molecule has 0 aromatic heterocycles. The van der Waals surface area contributed by atoms with Crippen LogP contribution in [0.1, 0.15) is 116 Å². The molecular weight excluding hydrogens is 760 g/mol. The number of benzene rings is 2. The van der Waals surface area contributed by atoms with Crippen LogP contribution in [-0.2, 0) is 37.1 Å². The zero-order chi connectivity index (χ0) is 41.2. The molecule has 0 bridgehead atoms. The van der Waals surface area contributed by atoms with E-state index < -0.39 is 56.7 Å². The molecule has 15 heteroatoms. The number of nitrogens with zero attached hydrogens (tertiary/aromatic N) is 2. The summed E-state index contributed by atoms with van der Waals surface area (Å²) in [5.41, 5.74) is 0.149. The third-order valence-electron chi connectivity index (χ3n) is 11.4. The fourth-order valence-corrected chi connectivity index (χ4v) is 8.53. The quantitative estimate of drug-likeness (QED) is 0.249. The summed E-state index contributed by atoms with van der Waals surface area (Å²) in [7, 11) is -5.37. The first kappa shape index (κ1) is 43.8. The number of ether oxygens (including phenoxy) is 2. The molecule has 5 rings (SSSR count). The number of nitrogens with one attached hydrogen (secondary N) is 1. The minimum atomic E-state index is -4.19. The number of anilines is 1. The highest BCUT2D eigenvalue weighted by Gasteiger charge is 2.53. The second-order valence-corrected chi connectivity index (χ2v) is 19.8. The number of amides is 2. The average molecular weight is 818 g/mol. The lowest BCUT2D eigenvalue weighted by Crippen LogP contribution is -2.45. The first-order valence-electron chi connectivity index (χ1n) is 19.6. The van der Waals surface area contributed by atoms with Crippen molar-refractivity contribution in [2.24, 2.45) is 5.92 Å². The molecular formula is C41H58BClFN3O8S. The standard InChI is InChI=1S/C41H58BClFN3O8S/c1-27(15-20-36(44)42-54-40(6,7)41(8,9)55-42)28(2)56(50,51)45-37(48)30-17-19-35-34(24-30)46(25-33-14-12-22-47(33)38(49)53-39(3,4)5)21-11-10-13-29-23-32(43)18-16-31(29)26-52-35/h16-20,23-24,27-28,33H,10-15,21-22,25-26H2,1-9H3,(H,45,48)/b36-20-/t27-,28+,33-/m0/s1. The maximum atomic E-state index is 15.1. The zero-order valence-electron chi connectivity index (χ0n) is 34.2. The summed E-state index contributed by atoms with van der Waals surface area (Å²) >= 11 is 6.35. The van der Waals surface area contributed by atoms with Gasteiger partial charge in [0.25, 0.3) is 5.91 Å². The van der Waals surface area contributed by atoms with Gasteiger partial charge in [-0.3, -0.25) is 4.79 Å². The number of hydrogen-bond donors (Lipinski definition) is 1. The molecule has 3 heterocycles. The summed E-state index contributed by atoms with van der Waals surface area (Å²) in [5, 5.41) is -0.382. The Kier molecular flexibility index (Phi) is 13.5. The van der Waals surface area contributed by atoms with E-state index >= 15 is 4.39 Å². The van der Waals surface area contributed by atoms with Gasteiger partial charge in [-0.05, 0) is 141 Å². The van der Waals surface area contributed by atoms with Crippen LogP contribution in [0.3, 0.4) is 0 Å². The topological polar surface area (TPSA) is 124 Å². The Morgan fingerprint density at radius 3 is 2.41 bits per heavy atom. The lowest BCUT2D eigenvalue weighted by molar-refractivity contribution is 0.00578. The van der Waals surface area contributed by atoms with E-state index in [1.165, 1.54) is 13.0 Å². The van der Waals surface area contributed by atoms with Crippen molar-refractivity contribution < 1.29 is 41.2 Å². The monoisotopic (exact) mass is 817 g/mol. The van der Waals surface area contributed by atoms with Gasteiger partial charge in [0.2, 0.25) is 10.0 Å². The Morgan fingerprint density at radius 2 is 1.73 bits per heavy atom. The number of allylic oxidation sites excluding steroid dienone is 1. The number of likely N-dealkylation sites (tertiary alicyclic amines) is 1. The Balaban J connectivity index is 1.37. The number of halogens is 2. The largest absolute Gasteiger partial charge is 0.524 e. The summed E-state index contributed by atoms with van der Waals surface area (Å²) in [6.45, 7) is 17.9. The minimum absolute atomic E-state index is 0.0775. The fraction of sp³-hybridized carbons (Fsp3) is 0.610. The number of aryl methyl sites for hydroxylation is 1. The van der Waals surface area contributed by atoms with Crippen LogP contribution in [0, 0.1) is 5.92 Å². The Morgan fingerprint density at radius 1 is 1.04 bits per heavy atom. The number of sulfonamides is 1. The van der Waals surface area contributed by atoms with Crippen LogP contribution in [-0.4, -0.2) is 80.2 Å². The average Bonchev–Trinajstić information content (AvgIpc) is 3.65. The third-order valence-corrected chi connectivity index (χ3v) is 13.5. The second-order valence-electron chi connectivity index (χ2n) is 17.3. The van der Waals surface area contributed by atoms with Crippen LogP contribution in [0.2, 0.25) is 5.02 Å². The Bertz CT molecular complexity index is 1890. The van der Waals surface area contributed by atoms with Gasteiger partial charge in [-0.15, -0.1) is 0 Å². The molecule has 0 unspecified atom stereocenters. The number of rotatable bonds is 9. The third kappa shape index (κ3) is 10.6. The van der Waals surface area contributed by atoms with E-state index in [-0.39, 0.29) is 30.7 Å². The molecule has 3 aliphatic rings. The van der Waals surface area contributed by atoms with Gasteiger partial charge < -0.3 is 28.6 Å². The number of hydrogen-bond acceptors (Lipinski definition) is 9. The van der Waals surface area contributed by atoms with Crippen molar-refractivity contribution in [3.8, 4) is 5.75 Å². The molecule has 2 aromatic rings. The molecule has 2 amide bonds. The molecule has 2 saturated heterocycles. The van der Waals surface area contributed by atoms with E-state index in [0.717, 1.165) is 43.2 Å². The summed E-state index contributed by atoms with van der Waals surface area (Å²) in [6, 6.07) is 10.5. The predicted octanol–water partition coefficient (Wildman–Crippen LogP) is 8.42. The number of fused-ring (bicyclic) bond motifs is 2. The van der Waals surface area contributed by atoms with E-state index in [2.05, 4.69) is 9.62 Å². The lowest BCUT2D eigenvalue weighted by Gasteiger charge is -2.34. The van der Waals surface area contributed by atoms with E-state index in [1.54, 1.807) is 30.0 Å². The fourth-order valence-electron chi connectivity index (χ4n) is 7.05. The molecule has 3 aliphatic heterocycles. The van der Waals surface area contributed by atoms with Crippen LogP contribution < -0.4 is 14.4 Å². The van der Waals surface area contributed by atoms with Gasteiger partial charge in [-0.1, -0.05) is 30.7 Å². The summed E-state index contributed by atoms with van der Waals surface area (Å²) in [5.74, 6) is -0.829. The summed E-state index contributed by atoms with van der Waals surface area (Å²) < 4.78 is 68.3. The molecule has 3 atom stereocenters. The predicted molar refractivity (Wildman–Crippen MR) is 218 cm³/mol. The molecule has 1 N–H and O–H groups in total. The molecule has 2 fully saturated rings. The highest BCUT2D eigenvalue weighted by Crippen LogP contribution is 2.39. The molecule has 11 nitrogen and oxygen atoms in total. The van der Waals surface area contributed by atoms with Crippen LogP contribution in [0.5, 0.6) is 5.75 Å². The second kappa shape index (κ2) is 17.3. The van der Waals surface area contributed by atoms with Crippen molar-refractivity contribution in [2.75, 3.05) is 24.5 Å². The Hall–Kier alpha value is -3.33. The molecule has 308 valence electrons. The van der Waals surface area contributed by atoms with Gasteiger partial charge in [0.15, 0.2) is 0 Å². The first-order chi connectivity index (χ1) is 26.1. The van der Waals surface area contributed by atoms with Gasteiger partial charge in [-0.25, -0.2) is 22.3 Å². The maximum absolute atomic E-state index is 15.1. The van der Waals surface area contributed by atoms with Gasteiger partial charge in [0, 0.05) is 30.2 Å². The Labute approximate surface area is 337 Å². The van der Waals surface area contributed by atoms with Crippen molar-refractivity contribution in [3.05, 3.63) is 69.9 Å². The molecule has 56 heavy (non-hydrogen) atoms. The van der Waals surface area contributed by atoms with Gasteiger partial charge >= 0.3 is 13.2 Å². The summed E-state index contributed by atoms with van der Waals surface area (Å²) in [4.78, 5) is 30.9. The van der Waals surface area contributed by atoms with E-state index in [9.17, 15) is 18.0 Å². The zero-order valence-corrected chi connectivity index (χ0v) is 35.8. The van der Waals surface area contributed by atoms with Gasteiger partial charge in [0.1, 0.15) is 23.7 Å². The van der Waals surface area contributed by atoms with Crippen LogP contribution in [0.25, 0.3) is 0 Å². The number of carbonyl (C=O) groups excluding carboxylic acids is 2. The minimum Gasteiger partial charge on any atom is -0.487 e. The van der Waals surface area contributed by atoms with Gasteiger partial charge in [-0.2, -0.15) is 0 Å². The number of carbonyl (C=O) groups is 2. The van der Waals surface area contributed by atoms with Crippen LogP contribution in [0.4, 0.5) is 14.9 Å². The lowest BCUT2D eigenvalue weighted by atomic mass is 9.86.